The molecule has 2 aliphatic carbocycles. The number of fused-ring (bicyclic) bond motifs is 1. The van der Waals surface area contributed by atoms with Crippen LogP contribution in [0.25, 0.3) is 22.2 Å². The van der Waals surface area contributed by atoms with E-state index in [2.05, 4.69) is 40.8 Å². The highest BCUT2D eigenvalue weighted by Gasteiger charge is 2.41. The zero-order chi connectivity index (χ0) is 28.0. The summed E-state index contributed by atoms with van der Waals surface area (Å²) in [7, 11) is -1.82. The molecule has 0 bridgehead atoms. The predicted molar refractivity (Wildman–Crippen MR) is 158 cm³/mol. The lowest BCUT2D eigenvalue weighted by Gasteiger charge is -2.39. The summed E-state index contributed by atoms with van der Waals surface area (Å²) in [5, 5.41) is 1.44. The highest BCUT2D eigenvalue weighted by Crippen LogP contribution is 2.39. The van der Waals surface area contributed by atoms with Crippen molar-refractivity contribution in [1.82, 2.24) is 14.2 Å². The molecule has 6 rings (SSSR count). The molecule has 9 heteroatoms. The molecule has 3 aliphatic rings. The molecule has 2 heterocycles. The molecule has 214 valence electrons. The van der Waals surface area contributed by atoms with Crippen molar-refractivity contribution < 1.29 is 17.9 Å². The lowest BCUT2D eigenvalue weighted by atomic mass is 9.85. The first-order chi connectivity index (χ1) is 19.3. The van der Waals surface area contributed by atoms with Gasteiger partial charge in [-0.2, -0.15) is 0 Å². The summed E-state index contributed by atoms with van der Waals surface area (Å²) in [6.07, 6.45) is 6.04. The van der Waals surface area contributed by atoms with Gasteiger partial charge in [0.2, 0.25) is 15.9 Å². The summed E-state index contributed by atoms with van der Waals surface area (Å²) in [6, 6.07) is 13.5. The van der Waals surface area contributed by atoms with E-state index in [1.54, 1.807) is 18.2 Å². The molecular formula is C31H38ClN3O4S. The summed E-state index contributed by atoms with van der Waals surface area (Å²) < 4.78 is 37.4. The van der Waals surface area contributed by atoms with Crippen molar-refractivity contribution in [3.8, 4) is 11.3 Å². The van der Waals surface area contributed by atoms with Crippen molar-refractivity contribution in [2.75, 3.05) is 19.8 Å². The van der Waals surface area contributed by atoms with Crippen molar-refractivity contribution in [2.45, 2.75) is 68.8 Å². The van der Waals surface area contributed by atoms with Crippen molar-refractivity contribution in [2.24, 2.45) is 18.9 Å². The molecule has 7 nitrogen and oxygen atoms in total. The fourth-order valence-corrected chi connectivity index (χ4v) is 8.22. The van der Waals surface area contributed by atoms with E-state index in [9.17, 15) is 13.2 Å². The molecule has 1 saturated heterocycles. The number of benzene rings is 2. The highest BCUT2D eigenvalue weighted by molar-refractivity contribution is 7.89. The van der Waals surface area contributed by atoms with E-state index in [0.717, 1.165) is 28.6 Å². The Bertz CT molecular complexity index is 1510. The number of nitrogens with one attached hydrogen (secondary N) is 1. The third-order valence-corrected chi connectivity index (χ3v) is 11.0. The van der Waals surface area contributed by atoms with Crippen LogP contribution in [0.4, 0.5) is 0 Å². The van der Waals surface area contributed by atoms with E-state index < -0.39 is 10.0 Å². The standard InChI is InChI=1S/C31H38ClN3O4S/c1-3-20-4-6-22(7-5-20)30-29(32)26-15-14-25(18-27(26)34(30)2)40(37,38)33-24-12-10-23(11-13-24)31(36)35-16-17-39-19-28(35)21-8-9-21/h4-7,14-15,18,21,23-24,28,33H,3,8-13,16-17,19H2,1-2H3/t23-,24-,28-/m1/s1. The Labute approximate surface area is 241 Å². The van der Waals surface area contributed by atoms with Crippen LogP contribution in [-0.4, -0.2) is 55.6 Å². The second-order valence-electron chi connectivity index (χ2n) is 11.6. The maximum Gasteiger partial charge on any atom is 0.240 e. The molecule has 3 aromatic rings. The van der Waals surface area contributed by atoms with Crippen molar-refractivity contribution in [1.29, 1.82) is 0 Å². The lowest BCUT2D eigenvalue weighted by Crippen LogP contribution is -2.52. The van der Waals surface area contributed by atoms with Crippen LogP contribution in [0.1, 0.15) is 51.0 Å². The van der Waals surface area contributed by atoms with E-state index >= 15 is 0 Å². The number of ether oxygens (including phenoxy) is 1. The van der Waals surface area contributed by atoms with Gasteiger partial charge in [0.05, 0.1) is 40.4 Å². The maximum absolute atomic E-state index is 13.4. The molecule has 2 saturated carbocycles. The van der Waals surface area contributed by atoms with Crippen LogP contribution in [0, 0.1) is 11.8 Å². The van der Waals surface area contributed by atoms with E-state index in [0.29, 0.717) is 56.4 Å². The van der Waals surface area contributed by atoms with E-state index in [1.807, 2.05) is 11.6 Å². The highest BCUT2D eigenvalue weighted by atomic mass is 35.5. The molecule has 2 aromatic carbocycles. The monoisotopic (exact) mass is 583 g/mol. The summed E-state index contributed by atoms with van der Waals surface area (Å²) >= 11 is 6.79. The number of morpholine rings is 1. The Morgan fingerprint density at radius 2 is 1.77 bits per heavy atom. The minimum Gasteiger partial charge on any atom is -0.377 e. The number of aromatic nitrogens is 1. The average molecular weight is 584 g/mol. The van der Waals surface area contributed by atoms with Gasteiger partial charge in [-0.3, -0.25) is 4.79 Å². The number of hydrogen-bond donors (Lipinski definition) is 1. The molecule has 1 aromatic heterocycles. The SMILES string of the molecule is CCc1ccc(-c2c(Cl)c3ccc(S(=O)(=O)N[C@H]4CC[C@H](C(=O)N5CCOC[C@@H]5C5CC5)CC4)cc3n2C)cc1. The number of halogens is 1. The number of sulfonamides is 1. The fourth-order valence-electron chi connectivity index (χ4n) is 6.50. The van der Waals surface area contributed by atoms with Crippen molar-refractivity contribution in [3.63, 3.8) is 0 Å². The predicted octanol–water partition coefficient (Wildman–Crippen LogP) is 5.54. The van der Waals surface area contributed by atoms with Crippen LogP contribution in [0.2, 0.25) is 5.02 Å². The molecule has 1 aliphatic heterocycles. The van der Waals surface area contributed by atoms with Crippen LogP contribution in [-0.2, 0) is 33.0 Å². The van der Waals surface area contributed by atoms with Crippen molar-refractivity contribution in [3.05, 3.63) is 53.1 Å². The summed E-state index contributed by atoms with van der Waals surface area (Å²) in [4.78, 5) is 15.6. The normalized spacial score (nSPS) is 24.0. The second kappa shape index (κ2) is 11.1. The zero-order valence-electron chi connectivity index (χ0n) is 23.2. The number of carbonyl (C=O) groups is 1. The van der Waals surface area contributed by atoms with E-state index in [-0.39, 0.29) is 28.8 Å². The molecule has 0 unspecified atom stereocenters. The van der Waals surface area contributed by atoms with Crippen LogP contribution in [0.3, 0.4) is 0 Å². The minimum atomic E-state index is -3.73. The molecular weight excluding hydrogens is 546 g/mol. The number of hydrogen-bond acceptors (Lipinski definition) is 4. The van der Waals surface area contributed by atoms with Crippen LogP contribution < -0.4 is 4.72 Å². The topological polar surface area (TPSA) is 80.6 Å². The quantitative estimate of drug-likeness (QED) is 0.396. The van der Waals surface area contributed by atoms with E-state index in [4.69, 9.17) is 16.3 Å². The number of rotatable bonds is 7. The Kier molecular flexibility index (Phi) is 7.72. The van der Waals surface area contributed by atoms with Gasteiger partial charge in [0.15, 0.2) is 0 Å². The Morgan fingerprint density at radius 3 is 2.45 bits per heavy atom. The van der Waals surface area contributed by atoms with Gasteiger partial charge in [-0.05, 0) is 80.2 Å². The molecule has 1 atom stereocenters. The van der Waals surface area contributed by atoms with Gasteiger partial charge in [0.25, 0.3) is 0 Å². The molecule has 0 radical (unpaired) electrons. The first kappa shape index (κ1) is 27.8. The van der Waals surface area contributed by atoms with Gasteiger partial charge >= 0.3 is 0 Å². The van der Waals surface area contributed by atoms with Gasteiger partial charge in [0.1, 0.15) is 0 Å². The Hall–Kier alpha value is -2.39. The van der Waals surface area contributed by atoms with Gasteiger partial charge in [-0.1, -0.05) is 42.8 Å². The van der Waals surface area contributed by atoms with Crippen LogP contribution in [0.15, 0.2) is 47.4 Å². The van der Waals surface area contributed by atoms with Gasteiger partial charge in [-0.15, -0.1) is 0 Å². The summed E-state index contributed by atoms with van der Waals surface area (Å²) in [6.45, 7) is 4.04. The molecule has 0 spiro atoms. The second-order valence-corrected chi connectivity index (χ2v) is 13.7. The van der Waals surface area contributed by atoms with Crippen LogP contribution >= 0.6 is 11.6 Å². The fraction of sp³-hybridized carbons (Fsp3) is 0.516. The third kappa shape index (κ3) is 5.31. The first-order valence-corrected chi connectivity index (χ1v) is 16.4. The minimum absolute atomic E-state index is 0.0354. The summed E-state index contributed by atoms with van der Waals surface area (Å²) in [5.74, 6) is 0.779. The lowest BCUT2D eigenvalue weighted by molar-refractivity contribution is -0.146. The van der Waals surface area contributed by atoms with E-state index in [1.165, 1.54) is 18.4 Å². The molecule has 1 amide bonds. The number of nitrogens with zero attached hydrogens (tertiary/aromatic N) is 2. The molecule has 3 fully saturated rings. The molecule has 1 N–H and O–H groups in total. The summed E-state index contributed by atoms with van der Waals surface area (Å²) in [5.41, 5.74) is 3.89. The number of aryl methyl sites for hydroxylation is 2. The van der Waals surface area contributed by atoms with Crippen molar-refractivity contribution >= 4 is 38.4 Å². The Morgan fingerprint density at radius 1 is 1.05 bits per heavy atom. The Balaban J connectivity index is 1.14. The van der Waals surface area contributed by atoms with Gasteiger partial charge in [-0.25, -0.2) is 13.1 Å². The smallest absolute Gasteiger partial charge is 0.240 e. The first-order valence-electron chi connectivity index (χ1n) is 14.5. The number of carbonyl (C=O) groups excluding carboxylic acids is 1. The van der Waals surface area contributed by atoms with Gasteiger partial charge in [0, 0.05) is 30.9 Å². The third-order valence-electron chi connectivity index (χ3n) is 9.07. The largest absolute Gasteiger partial charge is 0.377 e. The molecule has 40 heavy (non-hydrogen) atoms. The maximum atomic E-state index is 13.4. The average Bonchev–Trinajstić information content (AvgIpc) is 3.79. The number of amides is 1. The van der Waals surface area contributed by atoms with Crippen LogP contribution in [0.5, 0.6) is 0 Å². The van der Waals surface area contributed by atoms with Gasteiger partial charge < -0.3 is 14.2 Å². The zero-order valence-corrected chi connectivity index (χ0v) is 24.8.